The largest absolute Gasteiger partial charge is 0.456 e. The summed E-state index contributed by atoms with van der Waals surface area (Å²) in [6, 6.07) is 12.7. The van der Waals surface area contributed by atoms with Gasteiger partial charge in [-0.05, 0) is 49.9 Å². The molecule has 0 atom stereocenters. The van der Waals surface area contributed by atoms with Gasteiger partial charge in [-0.2, -0.15) is 0 Å². The Hall–Kier alpha value is -1.51. The van der Waals surface area contributed by atoms with E-state index in [1.807, 2.05) is 24.3 Å². The number of rotatable bonds is 5. The van der Waals surface area contributed by atoms with Gasteiger partial charge in [0.05, 0.1) is 0 Å². The minimum absolute atomic E-state index is 0.648. The highest BCUT2D eigenvalue weighted by Crippen LogP contribution is 2.34. The maximum atomic E-state index is 6.36. The normalized spacial score (nSPS) is 14.2. The van der Waals surface area contributed by atoms with E-state index in [4.69, 9.17) is 16.3 Å². The van der Waals surface area contributed by atoms with Crippen LogP contribution < -0.4 is 10.1 Å². The Morgan fingerprint density at radius 3 is 2.43 bits per heavy atom. The van der Waals surface area contributed by atoms with Crippen LogP contribution in [0.2, 0.25) is 5.02 Å². The quantitative estimate of drug-likeness (QED) is 0.839. The van der Waals surface area contributed by atoms with Crippen molar-refractivity contribution in [3.63, 3.8) is 0 Å². The fourth-order valence-electron chi connectivity index (χ4n) is 2.41. The first kappa shape index (κ1) is 14.4. The van der Waals surface area contributed by atoms with Crippen molar-refractivity contribution in [3.05, 3.63) is 58.1 Å². The number of benzene rings is 2. The number of nitrogens with one attached hydrogen (secondary N) is 1. The third-order valence-electron chi connectivity index (χ3n) is 3.84. The number of para-hydroxylation sites is 1. The van der Waals surface area contributed by atoms with Crippen LogP contribution in [0.25, 0.3) is 0 Å². The molecule has 3 rings (SSSR count). The molecule has 1 aliphatic carbocycles. The lowest BCUT2D eigenvalue weighted by Gasteiger charge is -2.16. The monoisotopic (exact) mass is 301 g/mol. The second-order valence-electron chi connectivity index (χ2n) is 5.69. The molecule has 0 radical (unpaired) electrons. The molecule has 21 heavy (non-hydrogen) atoms. The van der Waals surface area contributed by atoms with E-state index >= 15 is 0 Å². The molecule has 2 nitrogen and oxygen atoms in total. The van der Waals surface area contributed by atoms with Crippen LogP contribution in [0.5, 0.6) is 11.5 Å². The molecule has 110 valence electrons. The van der Waals surface area contributed by atoms with Crippen LogP contribution >= 0.6 is 11.6 Å². The summed E-state index contributed by atoms with van der Waals surface area (Å²) in [5.74, 6) is 1.76. The van der Waals surface area contributed by atoms with Gasteiger partial charge in [0.25, 0.3) is 0 Å². The third kappa shape index (κ3) is 3.39. The molecule has 0 spiro atoms. The first-order valence-corrected chi connectivity index (χ1v) is 7.78. The van der Waals surface area contributed by atoms with Crippen LogP contribution in [0.1, 0.15) is 29.5 Å². The lowest BCUT2D eigenvalue weighted by molar-refractivity contribution is 0.465. The second kappa shape index (κ2) is 6.08. The Kier molecular flexibility index (Phi) is 4.18. The second-order valence-corrected chi connectivity index (χ2v) is 6.10. The zero-order valence-electron chi connectivity index (χ0n) is 12.4. The van der Waals surface area contributed by atoms with Gasteiger partial charge in [-0.3, -0.25) is 0 Å². The summed E-state index contributed by atoms with van der Waals surface area (Å²) in [5, 5.41) is 4.26. The number of halogens is 1. The summed E-state index contributed by atoms with van der Waals surface area (Å²) < 4.78 is 6.18. The molecule has 1 fully saturated rings. The molecule has 3 heteroatoms. The Labute approximate surface area is 131 Å². The number of aryl methyl sites for hydroxylation is 2. The lowest BCUT2D eigenvalue weighted by atomic mass is 10.1. The van der Waals surface area contributed by atoms with Gasteiger partial charge in [0.15, 0.2) is 0 Å². The van der Waals surface area contributed by atoms with Crippen molar-refractivity contribution in [2.45, 2.75) is 39.3 Å². The molecule has 0 bridgehead atoms. The van der Waals surface area contributed by atoms with Gasteiger partial charge >= 0.3 is 0 Å². The first-order chi connectivity index (χ1) is 10.1. The molecule has 0 aliphatic heterocycles. The van der Waals surface area contributed by atoms with E-state index in [-0.39, 0.29) is 0 Å². The van der Waals surface area contributed by atoms with Crippen LogP contribution in [0.15, 0.2) is 36.4 Å². The van der Waals surface area contributed by atoms with Crippen molar-refractivity contribution in [2.75, 3.05) is 0 Å². The van der Waals surface area contributed by atoms with E-state index in [2.05, 4.69) is 31.3 Å². The number of hydrogen-bond acceptors (Lipinski definition) is 2. The number of hydrogen-bond donors (Lipinski definition) is 1. The predicted molar refractivity (Wildman–Crippen MR) is 87.3 cm³/mol. The van der Waals surface area contributed by atoms with Crippen molar-refractivity contribution in [1.29, 1.82) is 0 Å². The van der Waals surface area contributed by atoms with Crippen LogP contribution in [0.4, 0.5) is 0 Å². The Balaban J connectivity index is 1.88. The molecule has 1 aliphatic rings. The van der Waals surface area contributed by atoms with Crippen molar-refractivity contribution < 1.29 is 4.74 Å². The fraction of sp³-hybridized carbons (Fsp3) is 0.333. The summed E-state index contributed by atoms with van der Waals surface area (Å²) in [6.07, 6.45) is 2.52. The maximum Gasteiger partial charge on any atom is 0.133 e. The molecular formula is C18H20ClNO. The highest BCUT2D eigenvalue weighted by molar-refractivity contribution is 6.31. The zero-order valence-corrected chi connectivity index (χ0v) is 13.2. The van der Waals surface area contributed by atoms with E-state index < -0.39 is 0 Å². The highest BCUT2D eigenvalue weighted by Gasteiger charge is 2.21. The van der Waals surface area contributed by atoms with E-state index in [9.17, 15) is 0 Å². The van der Waals surface area contributed by atoms with E-state index in [1.54, 1.807) is 0 Å². The standard InChI is InChI=1S/C18H20ClNO/c1-12-5-3-6-13(2)18(12)21-17-8-4-7-16(19)15(17)11-20-14-9-10-14/h3-8,14,20H,9-11H2,1-2H3. The van der Waals surface area contributed by atoms with E-state index in [1.165, 1.54) is 12.8 Å². The highest BCUT2D eigenvalue weighted by atomic mass is 35.5. The van der Waals surface area contributed by atoms with Crippen molar-refractivity contribution in [1.82, 2.24) is 5.32 Å². The maximum absolute atomic E-state index is 6.36. The molecular weight excluding hydrogens is 282 g/mol. The molecule has 0 amide bonds. The van der Waals surface area contributed by atoms with Crippen LogP contribution in [0.3, 0.4) is 0 Å². The van der Waals surface area contributed by atoms with E-state index in [0.717, 1.165) is 39.8 Å². The molecule has 1 N–H and O–H groups in total. The van der Waals surface area contributed by atoms with Crippen molar-refractivity contribution >= 4 is 11.6 Å². The topological polar surface area (TPSA) is 21.3 Å². The van der Waals surface area contributed by atoms with E-state index in [0.29, 0.717) is 6.04 Å². The minimum Gasteiger partial charge on any atom is -0.456 e. The summed E-state index contributed by atoms with van der Waals surface area (Å²) in [6.45, 7) is 4.88. The molecule has 2 aromatic carbocycles. The van der Waals surface area contributed by atoms with Crippen molar-refractivity contribution in [3.8, 4) is 11.5 Å². The summed E-state index contributed by atoms with van der Waals surface area (Å²) in [5.41, 5.74) is 3.31. The molecule has 0 heterocycles. The Morgan fingerprint density at radius 1 is 1.10 bits per heavy atom. The minimum atomic E-state index is 0.648. The molecule has 2 aromatic rings. The van der Waals surface area contributed by atoms with Gasteiger partial charge in [0.2, 0.25) is 0 Å². The molecule has 0 unspecified atom stereocenters. The lowest BCUT2D eigenvalue weighted by Crippen LogP contribution is -2.16. The first-order valence-electron chi connectivity index (χ1n) is 7.40. The van der Waals surface area contributed by atoms with Crippen LogP contribution in [-0.4, -0.2) is 6.04 Å². The van der Waals surface area contributed by atoms with Gasteiger partial charge in [-0.25, -0.2) is 0 Å². The zero-order chi connectivity index (χ0) is 14.8. The number of ether oxygens (including phenoxy) is 1. The van der Waals surface area contributed by atoms with Gasteiger partial charge in [-0.15, -0.1) is 0 Å². The van der Waals surface area contributed by atoms with Gasteiger partial charge in [-0.1, -0.05) is 35.9 Å². The van der Waals surface area contributed by atoms with Gasteiger partial charge in [0.1, 0.15) is 11.5 Å². The molecule has 0 aromatic heterocycles. The van der Waals surface area contributed by atoms with Gasteiger partial charge < -0.3 is 10.1 Å². The average Bonchev–Trinajstić information content (AvgIpc) is 3.26. The average molecular weight is 302 g/mol. The molecule has 1 saturated carbocycles. The Bertz CT molecular complexity index is 629. The Morgan fingerprint density at radius 2 is 1.76 bits per heavy atom. The third-order valence-corrected chi connectivity index (χ3v) is 4.20. The van der Waals surface area contributed by atoms with Crippen LogP contribution in [-0.2, 0) is 6.54 Å². The summed E-state index contributed by atoms with van der Waals surface area (Å²) in [7, 11) is 0. The summed E-state index contributed by atoms with van der Waals surface area (Å²) in [4.78, 5) is 0. The smallest absolute Gasteiger partial charge is 0.133 e. The summed E-state index contributed by atoms with van der Waals surface area (Å²) >= 11 is 6.36. The van der Waals surface area contributed by atoms with Crippen LogP contribution in [0, 0.1) is 13.8 Å². The predicted octanol–water partition coefficient (Wildman–Crippen LogP) is 5.00. The SMILES string of the molecule is Cc1cccc(C)c1Oc1cccc(Cl)c1CNC1CC1. The fourth-order valence-corrected chi connectivity index (χ4v) is 2.64. The van der Waals surface area contributed by atoms with Gasteiger partial charge in [0, 0.05) is 23.2 Å². The van der Waals surface area contributed by atoms with Crippen molar-refractivity contribution in [2.24, 2.45) is 0 Å². The molecule has 0 saturated heterocycles.